The first kappa shape index (κ1) is 23.2. The van der Waals surface area contributed by atoms with Gasteiger partial charge in [0.1, 0.15) is 11.5 Å². The number of para-hydroxylation sites is 2. The highest BCUT2D eigenvalue weighted by atomic mass is 35.5. The molecule has 0 saturated carbocycles. The zero-order chi connectivity index (χ0) is 23.4. The summed E-state index contributed by atoms with van der Waals surface area (Å²) in [5.74, 6) is 3.12. The maximum absolute atomic E-state index is 6.24. The normalized spacial score (nSPS) is 12.3. The van der Waals surface area contributed by atoms with Crippen LogP contribution in [-0.4, -0.2) is 16.2 Å². The second-order valence-electron chi connectivity index (χ2n) is 8.71. The van der Waals surface area contributed by atoms with E-state index in [9.17, 15) is 0 Å². The van der Waals surface area contributed by atoms with E-state index in [1.807, 2.05) is 50.2 Å². The number of nitrogens with zero attached hydrogens (tertiary/aromatic N) is 2. The van der Waals surface area contributed by atoms with E-state index in [0.717, 1.165) is 51.9 Å². The quantitative estimate of drug-likeness (QED) is 0.239. The third-order valence-electron chi connectivity index (χ3n) is 5.83. The number of halogens is 1. The van der Waals surface area contributed by atoms with Crippen molar-refractivity contribution in [3.05, 3.63) is 88.7 Å². The summed E-state index contributed by atoms with van der Waals surface area (Å²) in [7, 11) is 0. The third-order valence-corrected chi connectivity index (χ3v) is 6.26. The summed E-state index contributed by atoms with van der Waals surface area (Å²) in [5.41, 5.74) is 4.40. The lowest BCUT2D eigenvalue weighted by Gasteiger charge is -2.17. The molecule has 5 heteroatoms. The Morgan fingerprint density at radius 2 is 1.67 bits per heavy atom. The van der Waals surface area contributed by atoms with Crippen molar-refractivity contribution in [2.24, 2.45) is 0 Å². The fourth-order valence-electron chi connectivity index (χ4n) is 3.95. The van der Waals surface area contributed by atoms with Crippen LogP contribution >= 0.6 is 11.6 Å². The maximum Gasteiger partial charge on any atom is 0.153 e. The summed E-state index contributed by atoms with van der Waals surface area (Å²) in [6, 6.07) is 22.3. The summed E-state index contributed by atoms with van der Waals surface area (Å²) in [6.07, 6.45) is 0.661. The number of benzene rings is 3. The van der Waals surface area contributed by atoms with Gasteiger partial charge >= 0.3 is 0 Å². The van der Waals surface area contributed by atoms with Gasteiger partial charge in [-0.05, 0) is 79.8 Å². The molecular weight excluding hydrogens is 432 g/mol. The van der Waals surface area contributed by atoms with E-state index in [4.69, 9.17) is 26.1 Å². The van der Waals surface area contributed by atoms with E-state index >= 15 is 0 Å². The Morgan fingerprint density at radius 3 is 2.39 bits per heavy atom. The van der Waals surface area contributed by atoms with Gasteiger partial charge in [-0.3, -0.25) is 0 Å². The maximum atomic E-state index is 6.24. The fraction of sp³-hybridized carbons (Fsp3) is 0.321. The van der Waals surface area contributed by atoms with Gasteiger partial charge in [0.05, 0.1) is 17.6 Å². The largest absolute Gasteiger partial charge is 0.494 e. The third kappa shape index (κ3) is 5.51. The molecule has 4 nitrogen and oxygen atoms in total. The van der Waals surface area contributed by atoms with Crippen molar-refractivity contribution in [1.29, 1.82) is 0 Å². The van der Waals surface area contributed by atoms with Gasteiger partial charge in [-0.15, -0.1) is 0 Å². The van der Waals surface area contributed by atoms with Crippen LogP contribution in [0.3, 0.4) is 0 Å². The average molecular weight is 463 g/mol. The standard InChI is InChI=1S/C28H31ClN2O2/c1-19(2)22-10-12-23(13-11-22)32-17-7-16-31-27-9-6-5-8-26(27)30-28(31)21(4)33-24-14-15-25(29)20(3)18-24/h5-6,8-15,18-19,21H,7,16-17H2,1-4H3. The molecule has 0 spiro atoms. The molecule has 4 rings (SSSR count). The van der Waals surface area contributed by atoms with Crippen LogP contribution in [-0.2, 0) is 6.54 Å². The minimum Gasteiger partial charge on any atom is -0.494 e. The minimum atomic E-state index is -0.206. The molecule has 33 heavy (non-hydrogen) atoms. The predicted octanol–water partition coefficient (Wildman–Crippen LogP) is 7.73. The molecule has 0 amide bonds. The SMILES string of the molecule is Cc1cc(OC(C)c2nc3ccccc3n2CCCOc2ccc(C(C)C)cc2)ccc1Cl. The monoisotopic (exact) mass is 462 g/mol. The summed E-state index contributed by atoms with van der Waals surface area (Å²) >= 11 is 6.17. The topological polar surface area (TPSA) is 36.3 Å². The molecule has 4 aromatic rings. The smallest absolute Gasteiger partial charge is 0.153 e. The average Bonchev–Trinajstić information content (AvgIpc) is 3.18. The predicted molar refractivity (Wildman–Crippen MR) is 136 cm³/mol. The first-order valence-electron chi connectivity index (χ1n) is 11.5. The molecule has 0 aliphatic carbocycles. The molecule has 0 aliphatic rings. The molecule has 1 heterocycles. The Labute approximate surface area is 201 Å². The highest BCUT2D eigenvalue weighted by Crippen LogP contribution is 2.28. The molecule has 0 bridgehead atoms. The second kappa shape index (κ2) is 10.3. The highest BCUT2D eigenvalue weighted by molar-refractivity contribution is 6.31. The molecular formula is C28H31ClN2O2. The molecule has 1 unspecified atom stereocenters. The summed E-state index contributed by atoms with van der Waals surface area (Å²) in [4.78, 5) is 4.88. The fourth-order valence-corrected chi connectivity index (χ4v) is 4.07. The van der Waals surface area contributed by atoms with E-state index in [2.05, 4.69) is 48.7 Å². The Bertz CT molecular complexity index is 1210. The Morgan fingerprint density at radius 1 is 0.939 bits per heavy atom. The second-order valence-corrected chi connectivity index (χ2v) is 9.11. The number of rotatable bonds is 9. The molecule has 1 atom stereocenters. The van der Waals surface area contributed by atoms with Crippen LogP contribution < -0.4 is 9.47 Å². The van der Waals surface area contributed by atoms with Gasteiger partial charge in [-0.1, -0.05) is 49.7 Å². The summed E-state index contributed by atoms with van der Waals surface area (Å²) < 4.78 is 14.5. The lowest BCUT2D eigenvalue weighted by atomic mass is 10.0. The van der Waals surface area contributed by atoms with Gasteiger partial charge in [0.15, 0.2) is 11.9 Å². The lowest BCUT2D eigenvalue weighted by Crippen LogP contribution is -2.13. The van der Waals surface area contributed by atoms with Gasteiger partial charge < -0.3 is 14.0 Å². The number of aromatic nitrogens is 2. The highest BCUT2D eigenvalue weighted by Gasteiger charge is 2.18. The van der Waals surface area contributed by atoms with Crippen LogP contribution in [0.1, 0.15) is 56.2 Å². The molecule has 0 fully saturated rings. The van der Waals surface area contributed by atoms with Crippen LogP contribution in [0.2, 0.25) is 5.02 Å². The Kier molecular flexibility index (Phi) is 7.24. The van der Waals surface area contributed by atoms with E-state index < -0.39 is 0 Å². The number of hydrogen-bond acceptors (Lipinski definition) is 3. The van der Waals surface area contributed by atoms with Crippen molar-refractivity contribution in [3.63, 3.8) is 0 Å². The van der Waals surface area contributed by atoms with E-state index in [1.54, 1.807) is 0 Å². The van der Waals surface area contributed by atoms with Crippen molar-refractivity contribution in [2.45, 2.75) is 52.7 Å². The van der Waals surface area contributed by atoms with Crippen molar-refractivity contribution in [2.75, 3.05) is 6.61 Å². The number of hydrogen-bond donors (Lipinski definition) is 0. The van der Waals surface area contributed by atoms with E-state index in [0.29, 0.717) is 12.5 Å². The zero-order valence-electron chi connectivity index (χ0n) is 19.7. The number of fused-ring (bicyclic) bond motifs is 1. The van der Waals surface area contributed by atoms with Crippen LogP contribution in [0.4, 0.5) is 0 Å². The molecule has 172 valence electrons. The van der Waals surface area contributed by atoms with Crippen molar-refractivity contribution < 1.29 is 9.47 Å². The molecule has 3 aromatic carbocycles. The number of ether oxygens (including phenoxy) is 2. The van der Waals surface area contributed by atoms with Gasteiger partial charge in [0.2, 0.25) is 0 Å². The van der Waals surface area contributed by atoms with Crippen LogP contribution in [0.25, 0.3) is 11.0 Å². The van der Waals surface area contributed by atoms with Crippen molar-refractivity contribution >= 4 is 22.6 Å². The lowest BCUT2D eigenvalue weighted by molar-refractivity contribution is 0.210. The van der Waals surface area contributed by atoms with Crippen LogP contribution in [0.5, 0.6) is 11.5 Å². The van der Waals surface area contributed by atoms with Gasteiger partial charge in [-0.25, -0.2) is 4.98 Å². The number of aryl methyl sites for hydroxylation is 2. The van der Waals surface area contributed by atoms with E-state index in [-0.39, 0.29) is 6.10 Å². The number of imidazole rings is 1. The van der Waals surface area contributed by atoms with Crippen LogP contribution in [0.15, 0.2) is 66.7 Å². The van der Waals surface area contributed by atoms with Gasteiger partial charge in [0, 0.05) is 11.6 Å². The molecule has 1 aromatic heterocycles. The van der Waals surface area contributed by atoms with Crippen LogP contribution in [0, 0.1) is 6.92 Å². The molecule has 0 saturated heterocycles. The zero-order valence-corrected chi connectivity index (χ0v) is 20.5. The molecule has 0 N–H and O–H groups in total. The van der Waals surface area contributed by atoms with Gasteiger partial charge in [0.25, 0.3) is 0 Å². The first-order chi connectivity index (χ1) is 15.9. The summed E-state index contributed by atoms with van der Waals surface area (Å²) in [6.45, 7) is 9.84. The van der Waals surface area contributed by atoms with Crippen molar-refractivity contribution in [3.8, 4) is 11.5 Å². The molecule has 0 aliphatic heterocycles. The Hall–Kier alpha value is -2.98. The first-order valence-corrected chi connectivity index (χ1v) is 11.9. The molecule has 0 radical (unpaired) electrons. The van der Waals surface area contributed by atoms with Gasteiger partial charge in [-0.2, -0.15) is 0 Å². The summed E-state index contributed by atoms with van der Waals surface area (Å²) in [5, 5.41) is 0.737. The van der Waals surface area contributed by atoms with E-state index in [1.165, 1.54) is 5.56 Å². The van der Waals surface area contributed by atoms with Crippen molar-refractivity contribution in [1.82, 2.24) is 9.55 Å². The minimum absolute atomic E-state index is 0.206. The Balaban J connectivity index is 1.46.